The Bertz CT molecular complexity index is 805. The SMILES string of the molecule is CCCCCCCCCCCCCCCCCCCCCCCC(O)C(CS(=O)(=O)O)NC(=O)CCCCCCCCCCCCCCCC. The summed E-state index contributed by atoms with van der Waals surface area (Å²) in [6.45, 7) is 4.54. The first-order valence-corrected chi connectivity index (χ1v) is 23.8. The van der Waals surface area contributed by atoms with Gasteiger partial charge in [-0.1, -0.05) is 232 Å². The van der Waals surface area contributed by atoms with Crippen LogP contribution in [0.4, 0.5) is 0 Å². The third kappa shape index (κ3) is 38.6. The molecule has 0 rings (SSSR count). The lowest BCUT2D eigenvalue weighted by Gasteiger charge is -2.23. The maximum atomic E-state index is 12.5. The van der Waals surface area contributed by atoms with Crippen LogP contribution < -0.4 is 5.32 Å². The second-order valence-electron chi connectivity index (χ2n) is 15.7. The first kappa shape index (κ1) is 49.3. The smallest absolute Gasteiger partial charge is 0.266 e. The van der Waals surface area contributed by atoms with Gasteiger partial charge in [-0.3, -0.25) is 9.35 Å². The molecule has 0 radical (unpaired) electrons. The Balaban J connectivity index is 3.76. The van der Waals surface area contributed by atoms with Crippen molar-refractivity contribution in [3.63, 3.8) is 0 Å². The summed E-state index contributed by atoms with van der Waals surface area (Å²) < 4.78 is 32.6. The Labute approximate surface area is 312 Å². The van der Waals surface area contributed by atoms with Crippen molar-refractivity contribution in [2.24, 2.45) is 0 Å². The number of hydrogen-bond acceptors (Lipinski definition) is 4. The lowest BCUT2D eigenvalue weighted by atomic mass is 10.0. The third-order valence-corrected chi connectivity index (χ3v) is 11.3. The number of amides is 1. The van der Waals surface area contributed by atoms with Gasteiger partial charge in [0.1, 0.15) is 0 Å². The van der Waals surface area contributed by atoms with Gasteiger partial charge in [-0.2, -0.15) is 8.42 Å². The Morgan fingerprint density at radius 1 is 0.460 bits per heavy atom. The van der Waals surface area contributed by atoms with Crippen LogP contribution in [0, 0.1) is 0 Å². The van der Waals surface area contributed by atoms with Crippen molar-refractivity contribution in [3.05, 3.63) is 0 Å². The molecule has 6 nitrogen and oxygen atoms in total. The van der Waals surface area contributed by atoms with Gasteiger partial charge in [0.05, 0.1) is 17.9 Å². The fraction of sp³-hybridized carbons (Fsp3) is 0.977. The number of aliphatic hydroxyl groups excluding tert-OH is 1. The van der Waals surface area contributed by atoms with Crippen LogP contribution in [0.25, 0.3) is 0 Å². The van der Waals surface area contributed by atoms with Gasteiger partial charge in [0, 0.05) is 6.42 Å². The second kappa shape index (κ2) is 38.1. The van der Waals surface area contributed by atoms with Crippen LogP contribution in [0.5, 0.6) is 0 Å². The van der Waals surface area contributed by atoms with Crippen LogP contribution in [0.3, 0.4) is 0 Å². The van der Waals surface area contributed by atoms with Crippen molar-refractivity contribution in [2.75, 3.05) is 5.75 Å². The summed E-state index contributed by atoms with van der Waals surface area (Å²) >= 11 is 0. The molecule has 0 aliphatic heterocycles. The highest BCUT2D eigenvalue weighted by atomic mass is 32.2. The summed E-state index contributed by atoms with van der Waals surface area (Å²) in [5.41, 5.74) is 0. The molecule has 1 amide bonds. The monoisotopic (exact) mass is 730 g/mol. The van der Waals surface area contributed by atoms with E-state index in [1.807, 2.05) is 0 Å². The molecule has 0 aromatic rings. The lowest BCUT2D eigenvalue weighted by Crippen LogP contribution is -2.47. The van der Waals surface area contributed by atoms with E-state index in [0.29, 0.717) is 12.8 Å². The van der Waals surface area contributed by atoms with Gasteiger partial charge in [-0.15, -0.1) is 0 Å². The molecule has 0 aromatic carbocycles. The largest absolute Gasteiger partial charge is 0.391 e. The van der Waals surface area contributed by atoms with Crippen molar-refractivity contribution in [1.29, 1.82) is 0 Å². The normalized spacial score (nSPS) is 13.1. The highest BCUT2D eigenvalue weighted by molar-refractivity contribution is 7.85. The van der Waals surface area contributed by atoms with Gasteiger partial charge in [-0.25, -0.2) is 0 Å². The molecule has 0 bridgehead atoms. The lowest BCUT2D eigenvalue weighted by molar-refractivity contribution is -0.122. The molecule has 0 aliphatic carbocycles. The average molecular weight is 730 g/mol. The minimum Gasteiger partial charge on any atom is -0.391 e. The van der Waals surface area contributed by atoms with Crippen molar-refractivity contribution in [1.82, 2.24) is 5.32 Å². The molecule has 0 fully saturated rings. The maximum Gasteiger partial charge on any atom is 0.266 e. The molecule has 0 aliphatic rings. The first-order chi connectivity index (χ1) is 24.3. The number of rotatable bonds is 41. The maximum absolute atomic E-state index is 12.5. The Morgan fingerprint density at radius 2 is 0.720 bits per heavy atom. The van der Waals surface area contributed by atoms with E-state index in [1.165, 1.54) is 186 Å². The summed E-state index contributed by atoms with van der Waals surface area (Å²) in [6.07, 6.45) is 44.9. The van der Waals surface area contributed by atoms with Gasteiger partial charge in [-0.05, 0) is 12.8 Å². The van der Waals surface area contributed by atoms with E-state index in [9.17, 15) is 22.9 Å². The van der Waals surface area contributed by atoms with Crippen molar-refractivity contribution in [2.45, 2.75) is 264 Å². The van der Waals surface area contributed by atoms with Gasteiger partial charge in [0.25, 0.3) is 10.1 Å². The van der Waals surface area contributed by atoms with Gasteiger partial charge in [0.15, 0.2) is 0 Å². The predicted octanol–water partition coefficient (Wildman–Crippen LogP) is 13.2. The average Bonchev–Trinajstić information content (AvgIpc) is 3.08. The molecule has 2 atom stereocenters. The van der Waals surface area contributed by atoms with Crippen LogP contribution in [-0.4, -0.2) is 41.9 Å². The summed E-state index contributed by atoms with van der Waals surface area (Å²) in [5, 5.41) is 13.4. The summed E-state index contributed by atoms with van der Waals surface area (Å²) in [6, 6.07) is -0.964. The fourth-order valence-corrected chi connectivity index (χ4v) is 7.98. The number of aliphatic hydroxyl groups is 1. The molecule has 2 unspecified atom stereocenters. The van der Waals surface area contributed by atoms with E-state index in [4.69, 9.17) is 0 Å². The predicted molar refractivity (Wildman–Crippen MR) is 217 cm³/mol. The minimum atomic E-state index is -4.30. The first-order valence-electron chi connectivity index (χ1n) is 22.2. The Morgan fingerprint density at radius 3 is 1.00 bits per heavy atom. The summed E-state index contributed by atoms with van der Waals surface area (Å²) in [5.74, 6) is -0.881. The summed E-state index contributed by atoms with van der Waals surface area (Å²) in [7, 11) is -4.30. The molecule has 0 heterocycles. The number of hydrogen-bond donors (Lipinski definition) is 3. The number of nitrogens with one attached hydrogen (secondary N) is 1. The minimum absolute atomic E-state index is 0.240. The van der Waals surface area contributed by atoms with Gasteiger partial charge in [0.2, 0.25) is 5.91 Å². The van der Waals surface area contributed by atoms with Gasteiger partial charge >= 0.3 is 0 Å². The zero-order valence-electron chi connectivity index (χ0n) is 33.6. The van der Waals surface area contributed by atoms with E-state index >= 15 is 0 Å². The molecule has 3 N–H and O–H groups in total. The van der Waals surface area contributed by atoms with Crippen LogP contribution in [-0.2, 0) is 14.9 Å². The highest BCUT2D eigenvalue weighted by Gasteiger charge is 2.26. The van der Waals surface area contributed by atoms with Crippen molar-refractivity contribution in [3.8, 4) is 0 Å². The van der Waals surface area contributed by atoms with E-state index in [-0.39, 0.29) is 5.91 Å². The van der Waals surface area contributed by atoms with Crippen molar-refractivity contribution < 1.29 is 22.9 Å². The van der Waals surface area contributed by atoms with Crippen molar-refractivity contribution >= 4 is 16.0 Å². The molecule has 300 valence electrons. The van der Waals surface area contributed by atoms with Gasteiger partial charge < -0.3 is 10.4 Å². The molecule has 0 aromatic heterocycles. The zero-order valence-corrected chi connectivity index (χ0v) is 34.4. The van der Waals surface area contributed by atoms with E-state index in [1.54, 1.807) is 0 Å². The number of unbranched alkanes of at least 4 members (excludes halogenated alkanes) is 33. The molecule has 0 saturated carbocycles. The molecular weight excluding hydrogens is 643 g/mol. The van der Waals surface area contributed by atoms with E-state index in [0.717, 1.165) is 38.5 Å². The third-order valence-electron chi connectivity index (χ3n) is 10.6. The highest BCUT2D eigenvalue weighted by Crippen LogP contribution is 2.17. The molecular formula is C43H87NO5S. The van der Waals surface area contributed by atoms with Crippen LogP contribution in [0.1, 0.15) is 251 Å². The van der Waals surface area contributed by atoms with Crippen LogP contribution >= 0.6 is 0 Å². The standard InChI is InChI=1S/C43H87NO5S/c1-3-5-7-9-11-13-15-17-19-20-21-22-23-24-25-26-28-30-32-34-36-38-42(45)41(40-50(47,48)49)44-43(46)39-37-35-33-31-29-27-18-16-14-12-10-8-6-4-2/h41-42,45H,3-40H2,1-2H3,(H,44,46)(H,47,48,49). The molecule has 0 saturated heterocycles. The second-order valence-corrected chi connectivity index (χ2v) is 17.2. The topological polar surface area (TPSA) is 104 Å². The fourth-order valence-electron chi connectivity index (χ4n) is 7.22. The molecule has 0 spiro atoms. The Hall–Kier alpha value is -0.660. The Kier molecular flexibility index (Phi) is 37.6. The molecule has 50 heavy (non-hydrogen) atoms. The van der Waals surface area contributed by atoms with Crippen LogP contribution in [0.15, 0.2) is 0 Å². The summed E-state index contributed by atoms with van der Waals surface area (Å²) in [4.78, 5) is 12.5. The number of carbonyl (C=O) groups is 1. The van der Waals surface area contributed by atoms with Crippen LogP contribution in [0.2, 0.25) is 0 Å². The zero-order chi connectivity index (χ0) is 36.8. The van der Waals surface area contributed by atoms with E-state index in [2.05, 4.69) is 19.2 Å². The molecule has 7 heteroatoms. The number of carbonyl (C=O) groups excluding carboxylic acids is 1. The van der Waals surface area contributed by atoms with E-state index < -0.39 is 28.0 Å². The quantitative estimate of drug-likeness (QED) is 0.0429.